The molecule has 0 N–H and O–H groups in total. The van der Waals surface area contributed by atoms with Gasteiger partial charge in [0.2, 0.25) is 0 Å². The number of unbranched alkanes of at least 4 members (excludes halogenated alkanes) is 1. The molecule has 0 saturated carbocycles. The molecule has 0 amide bonds. The smallest absolute Gasteiger partial charge is 0.358 e. The first kappa shape index (κ1) is 10.5. The predicted octanol–water partition coefficient (Wildman–Crippen LogP) is 1.75. The molecule has 0 radical (unpaired) electrons. The molecular formula is C7H7ClN4O2. The lowest BCUT2D eigenvalue weighted by molar-refractivity contribution is -0.389. The molecular weight excluding hydrogens is 208 g/mol. The minimum atomic E-state index is -0.636. The molecule has 0 saturated heterocycles. The first-order chi connectivity index (χ1) is 6.65. The highest BCUT2D eigenvalue weighted by Gasteiger charge is 2.18. The van der Waals surface area contributed by atoms with E-state index in [-0.39, 0.29) is 10.8 Å². The van der Waals surface area contributed by atoms with E-state index in [1.807, 2.05) is 6.07 Å². The van der Waals surface area contributed by atoms with E-state index >= 15 is 0 Å². The summed E-state index contributed by atoms with van der Waals surface area (Å²) in [5.74, 6) is -0.344. The van der Waals surface area contributed by atoms with Crippen LogP contribution in [0.5, 0.6) is 0 Å². The molecule has 0 spiro atoms. The molecule has 0 atom stereocenters. The fraction of sp³-hybridized carbons (Fsp3) is 0.429. The summed E-state index contributed by atoms with van der Waals surface area (Å²) in [7, 11) is 0. The van der Waals surface area contributed by atoms with Gasteiger partial charge in [-0.1, -0.05) is 11.6 Å². The van der Waals surface area contributed by atoms with Crippen LogP contribution >= 0.6 is 11.6 Å². The average Bonchev–Trinajstić information content (AvgIpc) is 2.47. The van der Waals surface area contributed by atoms with Crippen molar-refractivity contribution in [1.82, 2.24) is 9.78 Å². The van der Waals surface area contributed by atoms with Crippen molar-refractivity contribution in [2.45, 2.75) is 19.4 Å². The van der Waals surface area contributed by atoms with Gasteiger partial charge in [0.05, 0.1) is 23.9 Å². The summed E-state index contributed by atoms with van der Waals surface area (Å²) in [5.41, 5.74) is 0. The Morgan fingerprint density at radius 2 is 2.50 bits per heavy atom. The second kappa shape index (κ2) is 4.58. The second-order valence-electron chi connectivity index (χ2n) is 2.58. The van der Waals surface area contributed by atoms with E-state index in [1.165, 1.54) is 10.9 Å². The zero-order valence-corrected chi connectivity index (χ0v) is 7.94. The van der Waals surface area contributed by atoms with Crippen LogP contribution in [0.1, 0.15) is 12.8 Å². The van der Waals surface area contributed by atoms with E-state index in [4.69, 9.17) is 16.9 Å². The number of hydrogen-bond acceptors (Lipinski definition) is 4. The Balaban J connectivity index is 2.67. The highest BCUT2D eigenvalue weighted by atomic mass is 35.5. The number of aryl methyl sites for hydroxylation is 1. The Hall–Kier alpha value is -1.61. The van der Waals surface area contributed by atoms with Gasteiger partial charge < -0.3 is 10.1 Å². The summed E-state index contributed by atoms with van der Waals surface area (Å²) in [6, 6.07) is 1.97. The standard InChI is InChI=1S/C7H7ClN4O2/c8-6-5-11(4-2-1-3-9)10-7(6)12(13)14/h5H,1-2,4H2. The van der Waals surface area contributed by atoms with Gasteiger partial charge in [-0.3, -0.25) is 0 Å². The van der Waals surface area contributed by atoms with E-state index in [0.29, 0.717) is 19.4 Å². The molecule has 0 unspecified atom stereocenters. The minimum Gasteiger partial charge on any atom is -0.358 e. The fourth-order valence-electron chi connectivity index (χ4n) is 0.945. The van der Waals surface area contributed by atoms with Gasteiger partial charge >= 0.3 is 5.82 Å². The first-order valence-electron chi connectivity index (χ1n) is 3.89. The van der Waals surface area contributed by atoms with Crippen molar-refractivity contribution in [2.75, 3.05) is 0 Å². The molecule has 0 aliphatic rings. The molecule has 0 bridgehead atoms. The third-order valence-electron chi connectivity index (χ3n) is 1.55. The lowest BCUT2D eigenvalue weighted by Crippen LogP contribution is -1.99. The Labute approximate surface area is 84.8 Å². The van der Waals surface area contributed by atoms with Gasteiger partial charge in [-0.05, 0) is 11.3 Å². The van der Waals surface area contributed by atoms with E-state index < -0.39 is 4.92 Å². The number of hydrogen-bond donors (Lipinski definition) is 0. The summed E-state index contributed by atoms with van der Waals surface area (Å²) >= 11 is 5.56. The fourth-order valence-corrected chi connectivity index (χ4v) is 1.16. The Morgan fingerprint density at radius 1 is 1.79 bits per heavy atom. The molecule has 1 rings (SSSR count). The maximum Gasteiger partial charge on any atom is 0.408 e. The summed E-state index contributed by atoms with van der Waals surface area (Å²) in [4.78, 5) is 9.72. The SMILES string of the molecule is N#CCCCn1cc(Cl)c([N+](=O)[O-])n1. The van der Waals surface area contributed by atoms with E-state index in [2.05, 4.69) is 5.10 Å². The lowest BCUT2D eigenvalue weighted by atomic mass is 10.3. The van der Waals surface area contributed by atoms with Gasteiger partial charge in [0.25, 0.3) is 0 Å². The topological polar surface area (TPSA) is 84.8 Å². The molecule has 7 heteroatoms. The van der Waals surface area contributed by atoms with Crippen LogP contribution in [0.2, 0.25) is 5.02 Å². The molecule has 1 aromatic rings. The van der Waals surface area contributed by atoms with E-state index in [0.717, 1.165) is 0 Å². The quantitative estimate of drug-likeness (QED) is 0.434. The van der Waals surface area contributed by atoms with Gasteiger partial charge in [0.1, 0.15) is 0 Å². The first-order valence-corrected chi connectivity index (χ1v) is 4.27. The lowest BCUT2D eigenvalue weighted by Gasteiger charge is -1.90. The highest BCUT2D eigenvalue weighted by molar-refractivity contribution is 6.32. The van der Waals surface area contributed by atoms with Gasteiger partial charge in [-0.15, -0.1) is 0 Å². The van der Waals surface area contributed by atoms with Crippen molar-refractivity contribution in [3.8, 4) is 6.07 Å². The third kappa shape index (κ3) is 2.44. The second-order valence-corrected chi connectivity index (χ2v) is 2.99. The molecule has 0 fully saturated rings. The maximum absolute atomic E-state index is 10.4. The maximum atomic E-state index is 10.4. The van der Waals surface area contributed by atoms with Crippen molar-refractivity contribution < 1.29 is 4.92 Å². The van der Waals surface area contributed by atoms with Crippen molar-refractivity contribution in [3.63, 3.8) is 0 Å². The highest BCUT2D eigenvalue weighted by Crippen LogP contribution is 2.21. The number of nitriles is 1. The normalized spacial score (nSPS) is 9.71. The van der Waals surface area contributed by atoms with Crippen LogP contribution in [-0.2, 0) is 6.54 Å². The molecule has 0 aromatic carbocycles. The Morgan fingerprint density at radius 3 is 3.00 bits per heavy atom. The van der Waals surface area contributed by atoms with Crippen molar-refractivity contribution in [2.24, 2.45) is 0 Å². The third-order valence-corrected chi connectivity index (χ3v) is 1.81. The van der Waals surface area contributed by atoms with Crippen LogP contribution < -0.4 is 0 Å². The molecule has 6 nitrogen and oxygen atoms in total. The van der Waals surface area contributed by atoms with Crippen LogP contribution in [0.25, 0.3) is 0 Å². The largest absolute Gasteiger partial charge is 0.408 e. The Kier molecular flexibility index (Phi) is 3.42. The number of halogens is 1. The molecule has 14 heavy (non-hydrogen) atoms. The molecule has 74 valence electrons. The number of nitro groups is 1. The van der Waals surface area contributed by atoms with Crippen LogP contribution in [0.3, 0.4) is 0 Å². The van der Waals surface area contributed by atoms with Crippen LogP contribution in [0.4, 0.5) is 5.82 Å². The summed E-state index contributed by atoms with van der Waals surface area (Å²) in [6.07, 6.45) is 2.38. The van der Waals surface area contributed by atoms with Crippen LogP contribution in [0, 0.1) is 21.4 Å². The monoisotopic (exact) mass is 214 g/mol. The predicted molar refractivity (Wildman–Crippen MR) is 48.7 cm³/mol. The summed E-state index contributed by atoms with van der Waals surface area (Å²) in [6.45, 7) is 0.459. The van der Waals surface area contributed by atoms with E-state index in [1.54, 1.807) is 0 Å². The Bertz CT molecular complexity index is 382. The van der Waals surface area contributed by atoms with E-state index in [9.17, 15) is 10.1 Å². The number of nitrogens with zero attached hydrogens (tertiary/aromatic N) is 4. The molecule has 0 aliphatic heterocycles. The van der Waals surface area contributed by atoms with Gasteiger partial charge in [0.15, 0.2) is 5.02 Å². The molecule has 0 aliphatic carbocycles. The van der Waals surface area contributed by atoms with Crippen molar-refractivity contribution in [3.05, 3.63) is 21.3 Å². The number of rotatable bonds is 4. The van der Waals surface area contributed by atoms with Crippen LogP contribution in [-0.4, -0.2) is 14.7 Å². The van der Waals surface area contributed by atoms with Crippen molar-refractivity contribution >= 4 is 17.4 Å². The van der Waals surface area contributed by atoms with Gasteiger partial charge in [-0.25, -0.2) is 0 Å². The molecule has 1 heterocycles. The minimum absolute atomic E-state index is 0.0203. The van der Waals surface area contributed by atoms with Gasteiger partial charge in [-0.2, -0.15) is 9.94 Å². The average molecular weight is 215 g/mol. The summed E-state index contributed by atoms with van der Waals surface area (Å²) in [5, 5.41) is 22.3. The number of aromatic nitrogens is 2. The zero-order chi connectivity index (χ0) is 10.6. The van der Waals surface area contributed by atoms with Crippen molar-refractivity contribution in [1.29, 1.82) is 5.26 Å². The summed E-state index contributed by atoms with van der Waals surface area (Å²) < 4.78 is 1.37. The van der Waals surface area contributed by atoms with Gasteiger partial charge in [0, 0.05) is 6.42 Å². The molecule has 1 aromatic heterocycles. The zero-order valence-electron chi connectivity index (χ0n) is 7.18. The van der Waals surface area contributed by atoms with Crippen LogP contribution in [0.15, 0.2) is 6.20 Å².